The van der Waals surface area contributed by atoms with Crippen molar-refractivity contribution in [3.8, 4) is 5.69 Å². The number of halogens is 4. The van der Waals surface area contributed by atoms with Gasteiger partial charge in [-0.3, -0.25) is 4.57 Å². The minimum atomic E-state index is -1.57. The Morgan fingerprint density at radius 3 is 2.29 bits per heavy atom. The number of nitrogens with zero attached hydrogens (tertiary/aromatic N) is 3. The summed E-state index contributed by atoms with van der Waals surface area (Å²) in [6.07, 6.45) is 1.42. The molecule has 0 fully saturated rings. The Balaban J connectivity index is 2.44. The van der Waals surface area contributed by atoms with E-state index in [0.29, 0.717) is 0 Å². The summed E-state index contributed by atoms with van der Waals surface area (Å²) in [5.41, 5.74) is 5.63. The largest absolute Gasteiger partial charge is 0.369 e. The van der Waals surface area contributed by atoms with Crippen LogP contribution >= 0.6 is 0 Å². The van der Waals surface area contributed by atoms with Crippen molar-refractivity contribution in [1.82, 2.24) is 14.5 Å². The van der Waals surface area contributed by atoms with Gasteiger partial charge < -0.3 is 5.73 Å². The maximum absolute atomic E-state index is 13.9. The second-order valence-corrected chi connectivity index (χ2v) is 4.48. The molecule has 0 atom stereocenters. The van der Waals surface area contributed by atoms with Crippen molar-refractivity contribution in [2.75, 3.05) is 5.73 Å². The summed E-state index contributed by atoms with van der Waals surface area (Å²) in [6.45, 7) is 1.74. The molecule has 2 heterocycles. The van der Waals surface area contributed by atoms with Crippen molar-refractivity contribution >= 4 is 17.1 Å². The SMILES string of the molecule is Cc1cnc2c(c1)nc(N)n2-c1c(F)c(F)cc(F)c1F. The molecule has 0 bridgehead atoms. The van der Waals surface area contributed by atoms with E-state index in [1.807, 2.05) is 0 Å². The maximum Gasteiger partial charge on any atom is 0.207 e. The van der Waals surface area contributed by atoms with Crippen molar-refractivity contribution in [3.63, 3.8) is 0 Å². The molecule has 0 radical (unpaired) electrons. The zero-order chi connectivity index (χ0) is 15.3. The number of nitrogens with two attached hydrogens (primary N) is 1. The number of imidazole rings is 1. The molecule has 0 amide bonds. The average molecular weight is 296 g/mol. The molecule has 0 aliphatic rings. The molecule has 108 valence electrons. The fourth-order valence-electron chi connectivity index (χ4n) is 2.06. The number of nitrogen functional groups attached to an aromatic ring is 1. The van der Waals surface area contributed by atoms with Gasteiger partial charge in [0.05, 0.1) is 0 Å². The molecule has 0 spiro atoms. The van der Waals surface area contributed by atoms with Crippen molar-refractivity contribution in [2.24, 2.45) is 0 Å². The van der Waals surface area contributed by atoms with Gasteiger partial charge in [-0.05, 0) is 18.6 Å². The summed E-state index contributed by atoms with van der Waals surface area (Å²) in [7, 11) is 0. The lowest BCUT2D eigenvalue weighted by Gasteiger charge is -2.09. The van der Waals surface area contributed by atoms with Gasteiger partial charge in [-0.1, -0.05) is 0 Å². The number of anilines is 1. The molecule has 0 aliphatic heterocycles. The molecule has 4 nitrogen and oxygen atoms in total. The summed E-state index contributed by atoms with van der Waals surface area (Å²) in [4.78, 5) is 7.85. The average Bonchev–Trinajstić information content (AvgIpc) is 2.73. The van der Waals surface area contributed by atoms with Gasteiger partial charge in [-0.2, -0.15) is 0 Å². The zero-order valence-corrected chi connectivity index (χ0v) is 10.7. The van der Waals surface area contributed by atoms with Crippen LogP contribution in [0.1, 0.15) is 5.56 Å². The van der Waals surface area contributed by atoms with E-state index in [2.05, 4.69) is 9.97 Å². The summed E-state index contributed by atoms with van der Waals surface area (Å²) in [5, 5.41) is 0. The molecule has 1 aromatic carbocycles. The van der Waals surface area contributed by atoms with Crippen LogP contribution in [0, 0.1) is 30.2 Å². The Bertz CT molecular complexity index is 846. The number of aryl methyl sites for hydroxylation is 1. The highest BCUT2D eigenvalue weighted by Crippen LogP contribution is 2.28. The zero-order valence-electron chi connectivity index (χ0n) is 10.7. The van der Waals surface area contributed by atoms with Gasteiger partial charge in [-0.25, -0.2) is 27.5 Å². The lowest BCUT2D eigenvalue weighted by Crippen LogP contribution is -2.09. The van der Waals surface area contributed by atoms with Crippen molar-refractivity contribution < 1.29 is 17.6 Å². The van der Waals surface area contributed by atoms with Gasteiger partial charge in [0, 0.05) is 12.3 Å². The van der Waals surface area contributed by atoms with Crippen LogP contribution in [-0.2, 0) is 0 Å². The number of hydrogen-bond acceptors (Lipinski definition) is 3. The first-order valence-electron chi connectivity index (χ1n) is 5.84. The van der Waals surface area contributed by atoms with Gasteiger partial charge >= 0.3 is 0 Å². The Labute approximate surface area is 115 Å². The molecule has 2 aromatic heterocycles. The second kappa shape index (κ2) is 4.44. The van der Waals surface area contributed by atoms with E-state index < -0.39 is 29.0 Å². The van der Waals surface area contributed by atoms with Gasteiger partial charge in [0.15, 0.2) is 28.9 Å². The molecule has 2 N–H and O–H groups in total. The number of benzene rings is 1. The first-order valence-corrected chi connectivity index (χ1v) is 5.84. The molecule has 21 heavy (non-hydrogen) atoms. The Kier molecular flexibility index (Phi) is 2.82. The Hall–Kier alpha value is -2.64. The van der Waals surface area contributed by atoms with Crippen LogP contribution < -0.4 is 5.73 Å². The summed E-state index contributed by atoms with van der Waals surface area (Å²) in [5.74, 6) is -6.52. The van der Waals surface area contributed by atoms with Gasteiger partial charge in [-0.15, -0.1) is 0 Å². The van der Waals surface area contributed by atoms with Crippen LogP contribution in [0.25, 0.3) is 16.9 Å². The number of aromatic nitrogens is 3. The number of pyridine rings is 1. The Morgan fingerprint density at radius 1 is 1.05 bits per heavy atom. The van der Waals surface area contributed by atoms with E-state index in [4.69, 9.17) is 5.73 Å². The van der Waals surface area contributed by atoms with Crippen molar-refractivity contribution in [3.05, 3.63) is 47.2 Å². The molecule has 0 saturated carbocycles. The second-order valence-electron chi connectivity index (χ2n) is 4.48. The standard InChI is InChI=1S/C13H8F4N4/c1-5-2-8-12(19-4-5)21(13(18)20-8)11-9(16)6(14)3-7(15)10(11)17/h2-4H,1H3,(H2,18,20). The summed E-state index contributed by atoms with van der Waals surface area (Å²) >= 11 is 0. The molecule has 0 aliphatic carbocycles. The third-order valence-electron chi connectivity index (χ3n) is 2.97. The predicted molar refractivity (Wildman–Crippen MR) is 67.8 cm³/mol. The maximum atomic E-state index is 13.9. The van der Waals surface area contributed by atoms with E-state index in [-0.39, 0.29) is 23.2 Å². The van der Waals surface area contributed by atoms with Crippen molar-refractivity contribution in [2.45, 2.75) is 6.92 Å². The third kappa shape index (κ3) is 1.91. The van der Waals surface area contributed by atoms with E-state index >= 15 is 0 Å². The van der Waals surface area contributed by atoms with Crippen LogP contribution in [0.15, 0.2) is 18.3 Å². The van der Waals surface area contributed by atoms with E-state index in [1.165, 1.54) is 6.20 Å². The van der Waals surface area contributed by atoms with E-state index in [0.717, 1.165) is 10.1 Å². The highest BCUT2D eigenvalue weighted by molar-refractivity contribution is 5.77. The predicted octanol–water partition coefficient (Wildman–Crippen LogP) is 2.87. The van der Waals surface area contributed by atoms with Gasteiger partial charge in [0.2, 0.25) is 5.95 Å². The minimum Gasteiger partial charge on any atom is -0.369 e. The topological polar surface area (TPSA) is 56.7 Å². The number of rotatable bonds is 1. The third-order valence-corrected chi connectivity index (χ3v) is 2.97. The smallest absolute Gasteiger partial charge is 0.207 e. The summed E-state index contributed by atoms with van der Waals surface area (Å²) in [6, 6.07) is 1.71. The highest BCUT2D eigenvalue weighted by atomic mass is 19.2. The van der Waals surface area contributed by atoms with Gasteiger partial charge in [0.1, 0.15) is 11.2 Å². The molecular weight excluding hydrogens is 288 g/mol. The van der Waals surface area contributed by atoms with E-state index in [9.17, 15) is 17.6 Å². The number of fused-ring (bicyclic) bond motifs is 1. The first-order chi connectivity index (χ1) is 9.90. The quantitative estimate of drug-likeness (QED) is 0.555. The fraction of sp³-hybridized carbons (Fsp3) is 0.0769. The monoisotopic (exact) mass is 296 g/mol. The first kappa shape index (κ1) is 13.3. The molecule has 0 unspecified atom stereocenters. The molecule has 3 aromatic rings. The Morgan fingerprint density at radius 2 is 1.67 bits per heavy atom. The lowest BCUT2D eigenvalue weighted by atomic mass is 10.2. The van der Waals surface area contributed by atoms with Crippen LogP contribution in [-0.4, -0.2) is 14.5 Å². The van der Waals surface area contributed by atoms with Crippen LogP contribution in [0.2, 0.25) is 0 Å². The van der Waals surface area contributed by atoms with Crippen LogP contribution in [0.3, 0.4) is 0 Å². The molecule has 3 rings (SSSR count). The number of hydrogen-bond donors (Lipinski definition) is 1. The van der Waals surface area contributed by atoms with Crippen molar-refractivity contribution in [1.29, 1.82) is 0 Å². The summed E-state index contributed by atoms with van der Waals surface area (Å²) < 4.78 is 55.2. The van der Waals surface area contributed by atoms with Crippen LogP contribution in [0.4, 0.5) is 23.5 Å². The molecule has 0 saturated heterocycles. The molecular formula is C13H8F4N4. The minimum absolute atomic E-state index is 0.000833. The van der Waals surface area contributed by atoms with E-state index in [1.54, 1.807) is 13.0 Å². The lowest BCUT2D eigenvalue weighted by molar-refractivity contribution is 0.449. The fourth-order valence-corrected chi connectivity index (χ4v) is 2.06. The normalized spacial score (nSPS) is 11.3. The van der Waals surface area contributed by atoms with Crippen LogP contribution in [0.5, 0.6) is 0 Å². The highest BCUT2D eigenvalue weighted by Gasteiger charge is 2.24. The molecule has 8 heteroatoms. The van der Waals surface area contributed by atoms with Gasteiger partial charge in [0.25, 0.3) is 0 Å².